The summed E-state index contributed by atoms with van der Waals surface area (Å²) in [5.74, 6) is -1.68. The molecule has 0 bridgehead atoms. The lowest BCUT2D eigenvalue weighted by atomic mass is 9.85. The summed E-state index contributed by atoms with van der Waals surface area (Å²) in [6.45, 7) is 7.00. The van der Waals surface area contributed by atoms with Gasteiger partial charge in [0.25, 0.3) is 0 Å². The van der Waals surface area contributed by atoms with E-state index in [1.165, 1.54) is 40.6 Å². The Morgan fingerprint density at radius 1 is 0.627 bits per heavy atom. The van der Waals surface area contributed by atoms with Crippen LogP contribution in [0.4, 0.5) is 0 Å². The van der Waals surface area contributed by atoms with Crippen LogP contribution in [0, 0.1) is 0 Å². The molecule has 2 heterocycles. The van der Waals surface area contributed by atoms with Crippen LogP contribution in [0.25, 0.3) is 11.1 Å². The van der Waals surface area contributed by atoms with Gasteiger partial charge in [-0.25, -0.2) is 0 Å². The van der Waals surface area contributed by atoms with Gasteiger partial charge in [-0.1, -0.05) is 0 Å². The molecule has 8 atom stereocenters. The second-order valence-electron chi connectivity index (χ2n) is 13.1. The topological polar surface area (TPSA) is 220 Å². The lowest BCUT2D eigenvalue weighted by Gasteiger charge is -2.33. The molecule has 6 rings (SSSR count). The molecule has 4 aliphatic rings. The van der Waals surface area contributed by atoms with Gasteiger partial charge < -0.3 is 63.8 Å². The van der Waals surface area contributed by atoms with Crippen LogP contribution in [0.5, 0.6) is 23.0 Å². The molecule has 0 unspecified atom stereocenters. The Bertz CT molecular complexity index is 1540. The molecule has 2 fully saturated rings. The fourth-order valence-corrected chi connectivity index (χ4v) is 6.72. The van der Waals surface area contributed by atoms with E-state index in [2.05, 4.69) is 0 Å². The average molecular weight is 719 g/mol. The van der Waals surface area contributed by atoms with Crippen LogP contribution in [0.1, 0.15) is 59.5 Å². The molecule has 51 heavy (non-hydrogen) atoms. The van der Waals surface area contributed by atoms with Crippen molar-refractivity contribution in [3.63, 3.8) is 0 Å². The number of aliphatic hydroxyl groups excluding tert-OH is 2. The van der Waals surface area contributed by atoms with Crippen molar-refractivity contribution < 1.29 is 73.4 Å². The van der Waals surface area contributed by atoms with E-state index < -0.39 is 60.4 Å². The highest BCUT2D eigenvalue weighted by atomic mass is 16.8. The lowest BCUT2D eigenvalue weighted by Crippen LogP contribution is -2.47. The zero-order valence-electron chi connectivity index (χ0n) is 29.6. The minimum absolute atomic E-state index is 0. The van der Waals surface area contributed by atoms with E-state index in [-0.39, 0.29) is 28.5 Å². The molecule has 2 aromatic carbocycles. The number of hydrogen-bond acceptors (Lipinski definition) is 14. The van der Waals surface area contributed by atoms with Crippen molar-refractivity contribution in [3.8, 4) is 23.0 Å². The predicted molar refractivity (Wildman–Crippen MR) is 181 cm³/mol. The van der Waals surface area contributed by atoms with Gasteiger partial charge in [0.2, 0.25) is 0 Å². The number of phenols is 2. The maximum Gasteiger partial charge on any atom is 0.165 e. The monoisotopic (exact) mass is 718 g/mol. The van der Waals surface area contributed by atoms with Crippen molar-refractivity contribution in [2.75, 3.05) is 28.4 Å². The quantitative estimate of drug-likeness (QED) is 0.288. The van der Waals surface area contributed by atoms with Crippen molar-refractivity contribution in [2.24, 2.45) is 0 Å². The molecule has 15 nitrogen and oxygen atoms in total. The number of benzene rings is 2. The van der Waals surface area contributed by atoms with Gasteiger partial charge in [0.05, 0.1) is 14.2 Å². The molecule has 15 heteroatoms. The summed E-state index contributed by atoms with van der Waals surface area (Å²) in [6.07, 6.45) is -0.969. The van der Waals surface area contributed by atoms with E-state index >= 15 is 0 Å². The third-order valence-corrected chi connectivity index (χ3v) is 8.98. The standard InChI is InChI=1S/2C18H22O7.H2O/c2*1-18(2)24-16-11(7-13(23-4)15(21)17(16)25-18)10-5-9(8-19)6-12(22-3)14(10)20;/h2*5-8,13,15-17,20-21H,1-4H3;1H2/t2*13-,15+,16+,17-;/m00./s1. The zero-order chi connectivity index (χ0) is 36.7. The fourth-order valence-electron chi connectivity index (χ4n) is 6.72. The van der Waals surface area contributed by atoms with Crippen molar-refractivity contribution in [1.82, 2.24) is 0 Å². The van der Waals surface area contributed by atoms with Gasteiger partial charge in [-0.3, -0.25) is 9.59 Å². The Morgan fingerprint density at radius 2 is 0.980 bits per heavy atom. The molecule has 280 valence electrons. The molecule has 2 aliphatic carbocycles. The molecule has 0 radical (unpaired) electrons. The van der Waals surface area contributed by atoms with Gasteiger partial charge >= 0.3 is 0 Å². The zero-order valence-corrected chi connectivity index (χ0v) is 29.6. The Morgan fingerprint density at radius 3 is 1.27 bits per heavy atom. The van der Waals surface area contributed by atoms with Crippen LogP contribution in [0.3, 0.4) is 0 Å². The minimum atomic E-state index is -0.918. The van der Waals surface area contributed by atoms with Gasteiger partial charge in [0.15, 0.2) is 34.6 Å². The van der Waals surface area contributed by atoms with E-state index in [1.807, 2.05) is 0 Å². The summed E-state index contributed by atoms with van der Waals surface area (Å²) in [5.41, 5.74) is 2.61. The summed E-state index contributed by atoms with van der Waals surface area (Å²) in [7, 11) is 5.77. The van der Waals surface area contributed by atoms with Crippen LogP contribution < -0.4 is 9.47 Å². The highest BCUT2D eigenvalue weighted by Crippen LogP contribution is 2.47. The van der Waals surface area contributed by atoms with Crippen molar-refractivity contribution in [1.29, 1.82) is 0 Å². The van der Waals surface area contributed by atoms with Crippen molar-refractivity contribution in [2.45, 2.75) is 88.1 Å². The summed E-state index contributed by atoms with van der Waals surface area (Å²) < 4.78 is 44.5. The van der Waals surface area contributed by atoms with Crippen LogP contribution >= 0.6 is 0 Å². The second kappa shape index (κ2) is 15.4. The maximum absolute atomic E-state index is 11.2. The first-order valence-corrected chi connectivity index (χ1v) is 15.9. The number of aromatic hydroxyl groups is 2. The van der Waals surface area contributed by atoms with Gasteiger partial charge in [0.1, 0.15) is 61.4 Å². The molecule has 0 amide bonds. The summed E-state index contributed by atoms with van der Waals surface area (Å²) >= 11 is 0. The molecule has 2 aromatic rings. The van der Waals surface area contributed by atoms with E-state index in [4.69, 9.17) is 37.9 Å². The summed E-state index contributed by atoms with van der Waals surface area (Å²) in [5, 5.41) is 42.1. The fraction of sp³-hybridized carbons (Fsp3) is 0.500. The molecule has 6 N–H and O–H groups in total. The average Bonchev–Trinajstić information content (AvgIpc) is 3.61. The first-order valence-electron chi connectivity index (χ1n) is 15.9. The third-order valence-electron chi connectivity index (χ3n) is 8.98. The molecule has 2 aliphatic heterocycles. The number of phenolic OH excluding ortho intramolecular Hbond substituents is 2. The molecule has 0 spiro atoms. The Kier molecular flexibility index (Phi) is 12.0. The normalized spacial score (nSPS) is 29.9. The van der Waals surface area contributed by atoms with Crippen molar-refractivity contribution >= 4 is 23.7 Å². The molecule has 2 saturated heterocycles. The Labute approximate surface area is 295 Å². The smallest absolute Gasteiger partial charge is 0.165 e. The first-order chi connectivity index (χ1) is 23.6. The van der Waals surface area contributed by atoms with Gasteiger partial charge in [-0.2, -0.15) is 0 Å². The molecule has 0 aromatic heterocycles. The van der Waals surface area contributed by atoms with E-state index in [0.717, 1.165) is 0 Å². The lowest BCUT2D eigenvalue weighted by molar-refractivity contribution is -0.159. The predicted octanol–water partition coefficient (Wildman–Crippen LogP) is 2.19. The third kappa shape index (κ3) is 7.67. The number of methoxy groups -OCH3 is 4. The highest BCUT2D eigenvalue weighted by molar-refractivity contribution is 5.85. The van der Waals surface area contributed by atoms with Gasteiger partial charge in [-0.05, 0) is 75.3 Å². The molecule has 0 saturated carbocycles. The maximum atomic E-state index is 11.2. The van der Waals surface area contributed by atoms with Gasteiger partial charge in [0, 0.05) is 36.5 Å². The number of aliphatic hydroxyl groups is 2. The molecular weight excluding hydrogens is 672 g/mol. The largest absolute Gasteiger partial charge is 0.504 e. The number of rotatable bonds is 8. The minimum Gasteiger partial charge on any atom is -0.504 e. The Hall–Kier alpha value is -3.90. The SMILES string of the molecule is COc1cc(C=O)cc(C2=C[C@H](OC)[C@@H](O)[C@@H]3OC(C)(C)O[C@H]23)c1O.COc1cc(C=O)cc(C2=C[C@H](OC)[C@@H](O)[C@@H]3OC(C)(C)O[C@H]23)c1O.O. The summed E-state index contributed by atoms with van der Waals surface area (Å²) in [6, 6.07) is 6.00. The van der Waals surface area contributed by atoms with Crippen LogP contribution in [0.2, 0.25) is 0 Å². The van der Waals surface area contributed by atoms with Crippen LogP contribution in [-0.2, 0) is 28.4 Å². The van der Waals surface area contributed by atoms with Crippen molar-refractivity contribution in [3.05, 3.63) is 58.7 Å². The van der Waals surface area contributed by atoms with Crippen LogP contribution in [-0.4, -0.2) is 127 Å². The summed E-state index contributed by atoms with van der Waals surface area (Å²) in [4.78, 5) is 22.5. The van der Waals surface area contributed by atoms with E-state index in [0.29, 0.717) is 46.0 Å². The first kappa shape index (κ1) is 39.9. The number of ether oxygens (including phenoxy) is 8. The number of carbonyl (C=O) groups excluding carboxylic acids is 2. The number of carbonyl (C=O) groups is 2. The molecular formula is C36H46O15. The number of aldehydes is 2. The second-order valence-corrected chi connectivity index (χ2v) is 13.1. The highest BCUT2D eigenvalue weighted by Gasteiger charge is 2.53. The number of hydrogen-bond donors (Lipinski definition) is 4. The van der Waals surface area contributed by atoms with Crippen LogP contribution in [0.15, 0.2) is 36.4 Å². The Balaban J connectivity index is 0.000000224. The number of fused-ring (bicyclic) bond motifs is 2. The van der Waals surface area contributed by atoms with E-state index in [9.17, 15) is 30.0 Å². The van der Waals surface area contributed by atoms with Gasteiger partial charge in [-0.15, -0.1) is 0 Å². The van der Waals surface area contributed by atoms with E-state index in [1.54, 1.807) is 52.0 Å².